The Kier molecular flexibility index (Phi) is 21.8. The van der Waals surface area contributed by atoms with E-state index in [0.717, 1.165) is 25.7 Å². The molecule has 15 atom stereocenters. The Morgan fingerprint density at radius 1 is 0.632 bits per heavy atom. The Bertz CT molecular complexity index is 2820. The van der Waals surface area contributed by atoms with Crippen molar-refractivity contribution >= 4 is 65.0 Å². The number of carbonyl (C=O) groups is 11. The number of aliphatic hydroxyl groups excluding tert-OH is 3. The number of nitrogens with two attached hydrogens (primary N) is 1. The van der Waals surface area contributed by atoms with Gasteiger partial charge >= 0.3 is 0 Å². The lowest BCUT2D eigenvalue weighted by atomic mass is 9.43. The number of aliphatic hydroxyl groups is 3. The van der Waals surface area contributed by atoms with Crippen LogP contribution in [0.3, 0.4) is 0 Å². The molecular weight excluding hydrogens is 1130 g/mol. The molecule has 2 aromatic rings. The van der Waals surface area contributed by atoms with Gasteiger partial charge in [0.15, 0.2) is 0 Å². The van der Waals surface area contributed by atoms with Crippen LogP contribution < -0.4 is 48.3 Å². The second-order valence-electron chi connectivity index (χ2n) is 25.2. The van der Waals surface area contributed by atoms with Gasteiger partial charge in [0.1, 0.15) is 24.2 Å². The van der Waals surface area contributed by atoms with E-state index < -0.39 is 140 Å². The SMILES string of the molecule is C[C@H](CCC(=O)N1CCC[C@H]1C(=O)N[C@@H](Cc1cnc[nH]1)C(=O)NCC(=O)NCC(=O)NCC(=O)N1CCC[C@H]1C(=O)N[C@@H](Cc1cnc[nH]1)C(=O)NCC(=O)NCC(=O)NCC(N)=O)[C@H]1CC[C@H]2[C@@H]3[C@H](O)C[C@@H]4C[C@H](O)CC[C@]4(C)[C@H]3C[C@H](O)[C@]12C. The van der Waals surface area contributed by atoms with E-state index in [2.05, 4.69) is 83.2 Å². The highest BCUT2D eigenvalue weighted by atomic mass is 16.3. The minimum absolute atomic E-state index is 0.0319. The summed E-state index contributed by atoms with van der Waals surface area (Å²) in [6.07, 6.45) is 11.9. The monoisotopic (exact) mass is 1220 g/mol. The molecule has 4 aliphatic carbocycles. The molecular formula is C58H87N15O14. The molecule has 8 rings (SSSR count). The summed E-state index contributed by atoms with van der Waals surface area (Å²) in [6, 6.07) is -4.31. The first kappa shape index (κ1) is 65.4. The van der Waals surface area contributed by atoms with E-state index in [0.29, 0.717) is 62.9 Å². The van der Waals surface area contributed by atoms with Gasteiger partial charge in [0.05, 0.1) is 70.2 Å². The van der Waals surface area contributed by atoms with Crippen molar-refractivity contribution in [1.82, 2.24) is 72.3 Å². The first-order chi connectivity index (χ1) is 41.5. The smallest absolute Gasteiger partial charge is 0.243 e. The maximum atomic E-state index is 14.0. The average Bonchev–Trinajstić information content (AvgIpc) is 1.74. The number of nitrogens with zero attached hydrogens (tertiary/aromatic N) is 4. The van der Waals surface area contributed by atoms with Crippen LogP contribution in [-0.2, 0) is 65.6 Å². The van der Waals surface area contributed by atoms with Crippen LogP contribution in [0.4, 0.5) is 0 Å². The molecule has 4 heterocycles. The number of aromatic amines is 2. The first-order valence-corrected chi connectivity index (χ1v) is 30.6. The summed E-state index contributed by atoms with van der Waals surface area (Å²) < 4.78 is 0. The number of imidazole rings is 2. The van der Waals surface area contributed by atoms with Gasteiger partial charge in [0.25, 0.3) is 0 Å². The van der Waals surface area contributed by atoms with Gasteiger partial charge in [-0.05, 0) is 123 Å². The number of aromatic nitrogens is 4. The summed E-state index contributed by atoms with van der Waals surface area (Å²) in [6.45, 7) is 3.93. The van der Waals surface area contributed by atoms with Gasteiger partial charge < -0.3 is 83.4 Å². The lowest BCUT2D eigenvalue weighted by molar-refractivity contribution is -0.207. The molecule has 11 amide bonds. The highest BCUT2D eigenvalue weighted by Gasteiger charge is 2.66. The molecule has 4 saturated carbocycles. The normalized spacial score (nSPS) is 29.1. The van der Waals surface area contributed by atoms with Gasteiger partial charge in [-0.1, -0.05) is 20.8 Å². The molecule has 2 aromatic heterocycles. The summed E-state index contributed by atoms with van der Waals surface area (Å²) >= 11 is 0. The first-order valence-electron chi connectivity index (χ1n) is 30.6. The number of fused-ring (bicyclic) bond motifs is 5. The van der Waals surface area contributed by atoms with Gasteiger partial charge in [-0.2, -0.15) is 0 Å². The zero-order chi connectivity index (χ0) is 62.7. The fraction of sp³-hybridized carbons (Fsp3) is 0.707. The second-order valence-corrected chi connectivity index (χ2v) is 25.2. The number of H-pyrrole nitrogens is 2. The Hall–Kier alpha value is -7.53. The second kappa shape index (κ2) is 29.0. The topological polar surface area (TPSA) is 435 Å². The standard InChI is InChI=1S/C58H87N15O14/c1-31(36-9-10-37-52-38(20-44(76)58(36,37)3)57(2)13-12-35(74)16-32(57)17-43(52)75)8-11-50(82)72-14-4-6-41(72)55(86)70-39(18-33-21-60-29-68-33)53(84)67-27-49(81)64-25-47(79)65-28-51(83)73-15-5-7-42(73)56(87)71-40(19-34-22-61-30-69-34)54(85)66-26-48(80)63-24-46(78)62-23-45(59)77/h21-22,29-32,35-44,52,74-76H,4-20,23-28H2,1-3H3,(H2,59,77)(H,60,68)(H,61,69)(H,62,78)(H,63,80)(H,64,81)(H,65,79)(H,66,85)(H,67,84)(H,70,86)(H,71,87)/t31-,32+,35-,36-,37+,38+,39+,40+,41+,42+,43-,44+,52+,57+,58-/m1/s1. The predicted octanol–water partition coefficient (Wildman–Crippen LogP) is -3.57. The summed E-state index contributed by atoms with van der Waals surface area (Å²) in [5.41, 5.74) is 5.49. The van der Waals surface area contributed by atoms with Crippen molar-refractivity contribution in [1.29, 1.82) is 0 Å². The lowest BCUT2D eigenvalue weighted by Gasteiger charge is -2.63. The summed E-state index contributed by atoms with van der Waals surface area (Å²) in [7, 11) is 0. The van der Waals surface area contributed by atoms with Crippen LogP contribution in [0.5, 0.6) is 0 Å². The molecule has 29 nitrogen and oxygen atoms in total. The van der Waals surface area contributed by atoms with E-state index in [4.69, 9.17) is 5.73 Å². The zero-order valence-electron chi connectivity index (χ0n) is 49.8. The predicted molar refractivity (Wildman–Crippen MR) is 308 cm³/mol. The number of amides is 11. The van der Waals surface area contributed by atoms with Crippen molar-refractivity contribution in [3.63, 3.8) is 0 Å². The Morgan fingerprint density at radius 3 is 1.66 bits per heavy atom. The number of primary amides is 1. The number of hydrogen-bond acceptors (Lipinski definition) is 16. The fourth-order valence-corrected chi connectivity index (χ4v) is 15.3. The third-order valence-electron chi connectivity index (χ3n) is 19.9. The van der Waals surface area contributed by atoms with E-state index in [-0.39, 0.29) is 85.2 Å². The minimum atomic E-state index is -1.24. The lowest BCUT2D eigenvalue weighted by Crippen LogP contribution is -2.62. The van der Waals surface area contributed by atoms with Crippen molar-refractivity contribution in [3.8, 4) is 0 Å². The van der Waals surface area contributed by atoms with Crippen molar-refractivity contribution in [2.75, 3.05) is 52.4 Å². The van der Waals surface area contributed by atoms with Crippen LogP contribution in [0.1, 0.15) is 116 Å². The highest BCUT2D eigenvalue weighted by molar-refractivity contribution is 5.97. The summed E-state index contributed by atoms with van der Waals surface area (Å²) in [4.78, 5) is 159. The molecule has 0 radical (unpaired) electrons. The quantitative estimate of drug-likeness (QED) is 0.0433. The molecule has 2 saturated heterocycles. The van der Waals surface area contributed by atoms with Gasteiger partial charge in [0.2, 0.25) is 65.0 Å². The van der Waals surface area contributed by atoms with E-state index in [1.807, 2.05) is 0 Å². The highest BCUT2D eigenvalue weighted by Crippen LogP contribution is 2.68. The number of nitrogens with one attached hydrogen (secondary N) is 10. The molecule has 0 bridgehead atoms. The number of carbonyl (C=O) groups excluding carboxylic acids is 11. The molecule has 478 valence electrons. The van der Waals surface area contributed by atoms with E-state index in [1.54, 1.807) is 4.90 Å². The van der Waals surface area contributed by atoms with Gasteiger partial charge in [-0.15, -0.1) is 0 Å². The Labute approximate surface area is 504 Å². The molecule has 0 unspecified atom stereocenters. The molecule has 15 N–H and O–H groups in total. The summed E-state index contributed by atoms with van der Waals surface area (Å²) in [5.74, 6) is -6.44. The third kappa shape index (κ3) is 15.8. The van der Waals surface area contributed by atoms with Gasteiger partial charge in [-0.25, -0.2) is 9.97 Å². The van der Waals surface area contributed by atoms with Crippen LogP contribution in [0.25, 0.3) is 0 Å². The summed E-state index contributed by atoms with van der Waals surface area (Å²) in [5, 5.41) is 53.9. The third-order valence-corrected chi connectivity index (χ3v) is 19.9. The van der Waals surface area contributed by atoms with Crippen LogP contribution in [-0.4, -0.2) is 205 Å². The molecule has 0 aromatic carbocycles. The molecule has 6 aliphatic rings. The van der Waals surface area contributed by atoms with E-state index in [9.17, 15) is 68.1 Å². The molecule has 2 aliphatic heterocycles. The number of hydrogen-bond donors (Lipinski definition) is 14. The molecule has 0 spiro atoms. The minimum Gasteiger partial charge on any atom is -0.393 e. The van der Waals surface area contributed by atoms with Crippen molar-refractivity contribution in [3.05, 3.63) is 36.4 Å². The van der Waals surface area contributed by atoms with Crippen LogP contribution in [0.15, 0.2) is 25.0 Å². The number of likely N-dealkylation sites (tertiary alicyclic amines) is 2. The van der Waals surface area contributed by atoms with Crippen molar-refractivity contribution in [2.24, 2.45) is 52.1 Å². The molecule has 87 heavy (non-hydrogen) atoms. The average molecular weight is 1220 g/mol. The van der Waals surface area contributed by atoms with Gasteiger partial charge in [-0.3, -0.25) is 52.7 Å². The van der Waals surface area contributed by atoms with E-state index >= 15 is 0 Å². The van der Waals surface area contributed by atoms with E-state index in [1.165, 1.54) is 29.9 Å². The largest absolute Gasteiger partial charge is 0.393 e. The van der Waals surface area contributed by atoms with Crippen LogP contribution in [0, 0.1) is 46.3 Å². The number of rotatable bonds is 26. The Balaban J connectivity index is 0.767. The maximum absolute atomic E-state index is 14.0. The van der Waals surface area contributed by atoms with Gasteiger partial charge in [0, 0.05) is 56.1 Å². The van der Waals surface area contributed by atoms with Crippen LogP contribution in [0.2, 0.25) is 0 Å². The van der Waals surface area contributed by atoms with Crippen LogP contribution >= 0.6 is 0 Å². The molecule has 6 fully saturated rings. The Morgan fingerprint density at radius 2 is 1.14 bits per heavy atom. The molecule has 29 heteroatoms. The zero-order valence-corrected chi connectivity index (χ0v) is 49.8. The maximum Gasteiger partial charge on any atom is 0.243 e. The van der Waals surface area contributed by atoms with Crippen molar-refractivity contribution in [2.45, 2.75) is 160 Å². The van der Waals surface area contributed by atoms with Crippen molar-refractivity contribution < 1.29 is 68.1 Å². The fourth-order valence-electron chi connectivity index (χ4n) is 15.3.